The smallest absolute Gasteiger partial charge is 0.238 e. The van der Waals surface area contributed by atoms with Gasteiger partial charge in [-0.25, -0.2) is 0 Å². The van der Waals surface area contributed by atoms with Crippen LogP contribution in [0.2, 0.25) is 5.02 Å². The molecule has 2 aromatic rings. The molecule has 1 fully saturated rings. The molecular weight excluding hydrogens is 362 g/mol. The van der Waals surface area contributed by atoms with E-state index < -0.39 is 0 Å². The SMILES string of the molecule is COc1ccc(Cl)cc1NC(=O)CN1CCN(c2ccc(C)cc2)[C@H](C)C1. The molecule has 1 aliphatic rings. The van der Waals surface area contributed by atoms with Crippen LogP contribution in [-0.2, 0) is 4.79 Å². The summed E-state index contributed by atoms with van der Waals surface area (Å²) in [6.07, 6.45) is 0. The van der Waals surface area contributed by atoms with Crippen LogP contribution < -0.4 is 15.0 Å². The number of hydrogen-bond acceptors (Lipinski definition) is 4. The minimum absolute atomic E-state index is 0.0634. The van der Waals surface area contributed by atoms with Crippen LogP contribution in [0.15, 0.2) is 42.5 Å². The molecule has 1 heterocycles. The van der Waals surface area contributed by atoms with Crippen LogP contribution >= 0.6 is 11.6 Å². The molecule has 0 radical (unpaired) electrons. The summed E-state index contributed by atoms with van der Waals surface area (Å²) in [5.41, 5.74) is 3.10. The summed E-state index contributed by atoms with van der Waals surface area (Å²) >= 11 is 6.03. The van der Waals surface area contributed by atoms with Crippen LogP contribution in [-0.4, -0.2) is 50.1 Å². The van der Waals surface area contributed by atoms with Crippen molar-refractivity contribution in [2.45, 2.75) is 19.9 Å². The molecule has 0 saturated carbocycles. The van der Waals surface area contributed by atoms with Gasteiger partial charge in [-0.1, -0.05) is 29.3 Å². The normalized spacial score (nSPS) is 17.6. The van der Waals surface area contributed by atoms with Gasteiger partial charge in [0.15, 0.2) is 0 Å². The van der Waals surface area contributed by atoms with Gasteiger partial charge in [-0.3, -0.25) is 9.69 Å². The van der Waals surface area contributed by atoms with Gasteiger partial charge < -0.3 is 15.0 Å². The number of ether oxygens (including phenoxy) is 1. The van der Waals surface area contributed by atoms with Crippen LogP contribution in [0.1, 0.15) is 12.5 Å². The first-order valence-electron chi connectivity index (χ1n) is 9.15. The number of benzene rings is 2. The molecule has 0 aromatic heterocycles. The zero-order valence-electron chi connectivity index (χ0n) is 16.0. The van der Waals surface area contributed by atoms with E-state index in [0.717, 1.165) is 19.6 Å². The van der Waals surface area contributed by atoms with Crippen LogP contribution in [0.4, 0.5) is 11.4 Å². The van der Waals surface area contributed by atoms with Gasteiger partial charge in [-0.15, -0.1) is 0 Å². The van der Waals surface area contributed by atoms with E-state index in [1.54, 1.807) is 25.3 Å². The Labute approximate surface area is 165 Å². The number of amides is 1. The summed E-state index contributed by atoms with van der Waals surface area (Å²) in [6, 6.07) is 14.1. The second-order valence-corrected chi connectivity index (χ2v) is 7.44. The minimum Gasteiger partial charge on any atom is -0.495 e. The van der Waals surface area contributed by atoms with Crippen LogP contribution in [0.3, 0.4) is 0 Å². The van der Waals surface area contributed by atoms with Crippen molar-refractivity contribution in [2.75, 3.05) is 43.5 Å². The molecule has 1 aliphatic heterocycles. The first-order chi connectivity index (χ1) is 13.0. The Hall–Kier alpha value is -2.24. The number of rotatable bonds is 5. The summed E-state index contributed by atoms with van der Waals surface area (Å²) in [6.45, 7) is 7.23. The number of halogens is 1. The Morgan fingerprint density at radius 2 is 1.96 bits per heavy atom. The molecule has 0 unspecified atom stereocenters. The summed E-state index contributed by atoms with van der Waals surface area (Å²) in [4.78, 5) is 17.1. The highest BCUT2D eigenvalue weighted by Crippen LogP contribution is 2.27. The molecule has 27 heavy (non-hydrogen) atoms. The van der Waals surface area contributed by atoms with Crippen molar-refractivity contribution in [2.24, 2.45) is 0 Å². The van der Waals surface area contributed by atoms with Crippen molar-refractivity contribution in [3.8, 4) is 5.75 Å². The standard InChI is InChI=1S/C21H26ClN3O2/c1-15-4-7-18(8-5-15)25-11-10-24(13-16(25)2)14-21(26)23-19-12-17(22)6-9-20(19)27-3/h4-9,12,16H,10-11,13-14H2,1-3H3,(H,23,26)/t16-/m1/s1. The number of carbonyl (C=O) groups excluding carboxylic acids is 1. The van der Waals surface area contributed by atoms with E-state index in [2.05, 4.69) is 53.2 Å². The molecule has 144 valence electrons. The topological polar surface area (TPSA) is 44.8 Å². The van der Waals surface area contributed by atoms with E-state index in [4.69, 9.17) is 16.3 Å². The largest absolute Gasteiger partial charge is 0.495 e. The number of nitrogens with one attached hydrogen (secondary N) is 1. The van der Waals surface area contributed by atoms with Gasteiger partial charge in [-0.2, -0.15) is 0 Å². The molecule has 1 saturated heterocycles. The van der Waals surface area contributed by atoms with Crippen molar-refractivity contribution in [3.05, 3.63) is 53.1 Å². The fourth-order valence-electron chi connectivity index (χ4n) is 3.47. The maximum absolute atomic E-state index is 12.5. The Morgan fingerprint density at radius 3 is 2.63 bits per heavy atom. The number of piperazine rings is 1. The molecule has 3 rings (SSSR count). The van der Waals surface area contributed by atoms with Gasteiger partial charge in [0.25, 0.3) is 0 Å². The van der Waals surface area contributed by atoms with E-state index in [1.165, 1.54) is 11.3 Å². The zero-order chi connectivity index (χ0) is 19.4. The summed E-state index contributed by atoms with van der Waals surface area (Å²) < 4.78 is 5.29. The van der Waals surface area contributed by atoms with E-state index >= 15 is 0 Å². The predicted octanol–water partition coefficient (Wildman–Crippen LogP) is 3.81. The average Bonchev–Trinajstić information content (AvgIpc) is 2.63. The van der Waals surface area contributed by atoms with Gasteiger partial charge in [0.2, 0.25) is 5.91 Å². The molecule has 6 heteroatoms. The fraction of sp³-hybridized carbons (Fsp3) is 0.381. The number of carbonyl (C=O) groups is 1. The highest BCUT2D eigenvalue weighted by molar-refractivity contribution is 6.31. The Morgan fingerprint density at radius 1 is 1.22 bits per heavy atom. The second kappa shape index (κ2) is 8.63. The van der Waals surface area contributed by atoms with Crippen molar-refractivity contribution < 1.29 is 9.53 Å². The maximum atomic E-state index is 12.5. The number of nitrogens with zero attached hydrogens (tertiary/aromatic N) is 2. The number of anilines is 2. The zero-order valence-corrected chi connectivity index (χ0v) is 16.8. The van der Waals surface area contributed by atoms with Gasteiger partial charge >= 0.3 is 0 Å². The van der Waals surface area contributed by atoms with Gasteiger partial charge in [0, 0.05) is 36.4 Å². The first kappa shape index (κ1) is 19.5. The van der Waals surface area contributed by atoms with E-state index in [1.807, 2.05) is 0 Å². The number of hydrogen-bond donors (Lipinski definition) is 1. The van der Waals surface area contributed by atoms with Gasteiger partial charge in [0.1, 0.15) is 5.75 Å². The summed E-state index contributed by atoms with van der Waals surface area (Å²) in [5.74, 6) is 0.539. The predicted molar refractivity (Wildman–Crippen MR) is 111 cm³/mol. The highest BCUT2D eigenvalue weighted by atomic mass is 35.5. The molecule has 0 bridgehead atoms. The third kappa shape index (κ3) is 4.93. The van der Waals surface area contributed by atoms with Crippen LogP contribution in [0.5, 0.6) is 5.75 Å². The first-order valence-corrected chi connectivity index (χ1v) is 9.53. The summed E-state index contributed by atoms with van der Waals surface area (Å²) in [7, 11) is 1.57. The lowest BCUT2D eigenvalue weighted by Crippen LogP contribution is -2.53. The Kier molecular flexibility index (Phi) is 6.24. The second-order valence-electron chi connectivity index (χ2n) is 7.01. The minimum atomic E-state index is -0.0634. The van der Waals surface area contributed by atoms with Crippen molar-refractivity contribution in [1.29, 1.82) is 0 Å². The van der Waals surface area contributed by atoms with Gasteiger partial charge in [-0.05, 0) is 44.2 Å². The lowest BCUT2D eigenvalue weighted by Gasteiger charge is -2.41. The maximum Gasteiger partial charge on any atom is 0.238 e. The molecule has 2 aromatic carbocycles. The van der Waals surface area contributed by atoms with Crippen molar-refractivity contribution >= 4 is 28.9 Å². The quantitative estimate of drug-likeness (QED) is 0.847. The van der Waals surface area contributed by atoms with E-state index in [0.29, 0.717) is 29.0 Å². The van der Waals surface area contributed by atoms with E-state index in [-0.39, 0.29) is 5.91 Å². The third-order valence-electron chi connectivity index (χ3n) is 4.88. The molecule has 1 amide bonds. The van der Waals surface area contributed by atoms with Crippen LogP contribution in [0.25, 0.3) is 0 Å². The lowest BCUT2D eigenvalue weighted by molar-refractivity contribution is -0.117. The number of methoxy groups -OCH3 is 1. The Balaban J connectivity index is 1.57. The molecule has 5 nitrogen and oxygen atoms in total. The van der Waals surface area contributed by atoms with E-state index in [9.17, 15) is 4.79 Å². The molecule has 0 aliphatic carbocycles. The molecule has 1 atom stereocenters. The average molecular weight is 388 g/mol. The monoisotopic (exact) mass is 387 g/mol. The summed E-state index contributed by atoms with van der Waals surface area (Å²) in [5, 5.41) is 3.47. The molecule has 1 N–H and O–H groups in total. The fourth-order valence-corrected chi connectivity index (χ4v) is 3.64. The lowest BCUT2D eigenvalue weighted by atomic mass is 10.1. The number of aryl methyl sites for hydroxylation is 1. The van der Waals surface area contributed by atoms with Gasteiger partial charge in [0.05, 0.1) is 19.3 Å². The molecular formula is C21H26ClN3O2. The third-order valence-corrected chi connectivity index (χ3v) is 5.12. The highest BCUT2D eigenvalue weighted by Gasteiger charge is 2.25. The molecule has 0 spiro atoms. The van der Waals surface area contributed by atoms with Crippen molar-refractivity contribution in [1.82, 2.24) is 4.90 Å². The Bertz CT molecular complexity index is 795. The van der Waals surface area contributed by atoms with Crippen molar-refractivity contribution in [3.63, 3.8) is 0 Å². The van der Waals surface area contributed by atoms with Crippen LogP contribution in [0, 0.1) is 6.92 Å².